The van der Waals surface area contributed by atoms with Gasteiger partial charge in [-0.15, -0.1) is 11.3 Å². The molecule has 0 amide bonds. The van der Waals surface area contributed by atoms with E-state index in [4.69, 9.17) is 5.11 Å². The minimum atomic E-state index is -3.72. The average molecular weight is 298 g/mol. The average Bonchev–Trinajstić information content (AvgIpc) is 2.78. The molecule has 8 heteroatoms. The second kappa shape index (κ2) is 5.37. The van der Waals surface area contributed by atoms with Crippen LogP contribution in [0.25, 0.3) is 0 Å². The van der Waals surface area contributed by atoms with E-state index in [1.165, 1.54) is 24.4 Å². The summed E-state index contributed by atoms with van der Waals surface area (Å²) in [6.45, 7) is 0. The first-order valence-electron chi connectivity index (χ1n) is 5.22. The zero-order chi connectivity index (χ0) is 13.9. The van der Waals surface area contributed by atoms with Crippen LogP contribution in [0.1, 0.15) is 4.88 Å². The molecule has 0 aromatic carbocycles. The minimum absolute atomic E-state index is 0.0643. The van der Waals surface area contributed by atoms with Gasteiger partial charge in [0, 0.05) is 11.1 Å². The Hall–Kier alpha value is -1.93. The number of carbonyl (C=O) groups is 1. The lowest BCUT2D eigenvalue weighted by Gasteiger charge is -2.04. The van der Waals surface area contributed by atoms with Crippen molar-refractivity contribution in [2.45, 2.75) is 10.6 Å². The predicted octanol–water partition coefficient (Wildman–Crippen LogP) is 1.57. The summed E-state index contributed by atoms with van der Waals surface area (Å²) < 4.78 is 26.4. The molecule has 0 saturated heterocycles. The maximum absolute atomic E-state index is 12.0. The van der Waals surface area contributed by atoms with Gasteiger partial charge < -0.3 is 5.11 Å². The van der Waals surface area contributed by atoms with Crippen LogP contribution in [0.4, 0.5) is 5.82 Å². The van der Waals surface area contributed by atoms with Crippen LogP contribution >= 0.6 is 11.3 Å². The predicted molar refractivity (Wildman–Crippen MR) is 70.7 cm³/mol. The SMILES string of the molecule is O=C(O)Cc1ccc(S(=O)(=O)Nc2ccccn2)s1. The highest BCUT2D eigenvalue weighted by Gasteiger charge is 2.18. The number of aliphatic carboxylic acids is 1. The molecule has 0 bridgehead atoms. The van der Waals surface area contributed by atoms with Crippen molar-refractivity contribution < 1.29 is 18.3 Å². The lowest BCUT2D eigenvalue weighted by atomic mass is 10.3. The van der Waals surface area contributed by atoms with Crippen LogP contribution < -0.4 is 4.72 Å². The largest absolute Gasteiger partial charge is 0.481 e. The molecule has 0 unspecified atom stereocenters. The van der Waals surface area contributed by atoms with Crippen LogP contribution in [0, 0.1) is 0 Å². The number of thiophene rings is 1. The van der Waals surface area contributed by atoms with Crippen molar-refractivity contribution in [1.29, 1.82) is 0 Å². The number of carboxylic acids is 1. The third kappa shape index (κ3) is 3.52. The molecule has 0 radical (unpaired) electrons. The Bertz CT molecular complexity index is 680. The standard InChI is InChI=1S/C11H10N2O4S2/c14-10(15)7-8-4-5-11(18-8)19(16,17)13-9-3-1-2-6-12-9/h1-6H,7H2,(H,12,13)(H,14,15). The smallest absolute Gasteiger partial charge is 0.308 e. The highest BCUT2D eigenvalue weighted by Crippen LogP contribution is 2.23. The Morgan fingerprint density at radius 2 is 2.11 bits per heavy atom. The van der Waals surface area contributed by atoms with E-state index < -0.39 is 16.0 Å². The zero-order valence-corrected chi connectivity index (χ0v) is 11.2. The van der Waals surface area contributed by atoms with Crippen LogP contribution in [0.2, 0.25) is 0 Å². The molecule has 2 N–H and O–H groups in total. The molecule has 0 saturated carbocycles. The normalized spacial score (nSPS) is 11.2. The van der Waals surface area contributed by atoms with Gasteiger partial charge in [0.25, 0.3) is 10.0 Å². The highest BCUT2D eigenvalue weighted by atomic mass is 32.2. The molecule has 0 aliphatic rings. The summed E-state index contributed by atoms with van der Waals surface area (Å²) in [5.41, 5.74) is 0. The molecule has 2 aromatic rings. The van der Waals surface area contributed by atoms with Gasteiger partial charge in [-0.25, -0.2) is 13.4 Å². The number of anilines is 1. The van der Waals surface area contributed by atoms with Crippen molar-refractivity contribution in [2.75, 3.05) is 4.72 Å². The highest BCUT2D eigenvalue weighted by molar-refractivity contribution is 7.94. The molecule has 0 atom stereocenters. The number of rotatable bonds is 5. The fourth-order valence-corrected chi connectivity index (χ4v) is 3.71. The van der Waals surface area contributed by atoms with E-state index in [1.54, 1.807) is 12.1 Å². The topological polar surface area (TPSA) is 96.4 Å². The van der Waals surface area contributed by atoms with Crippen molar-refractivity contribution in [3.8, 4) is 0 Å². The van der Waals surface area contributed by atoms with Crippen molar-refractivity contribution in [1.82, 2.24) is 4.98 Å². The van der Waals surface area contributed by atoms with E-state index in [1.807, 2.05) is 0 Å². The molecule has 100 valence electrons. The molecular weight excluding hydrogens is 288 g/mol. The summed E-state index contributed by atoms with van der Waals surface area (Å²) in [5, 5.41) is 8.65. The van der Waals surface area contributed by atoms with Gasteiger partial charge in [0.05, 0.1) is 6.42 Å². The third-order valence-corrected chi connectivity index (χ3v) is 5.06. The molecule has 0 aliphatic heterocycles. The van der Waals surface area contributed by atoms with Gasteiger partial charge in [-0.3, -0.25) is 9.52 Å². The van der Waals surface area contributed by atoms with Crippen LogP contribution in [0.3, 0.4) is 0 Å². The molecule has 2 aromatic heterocycles. The van der Waals surface area contributed by atoms with Crippen molar-refractivity contribution >= 4 is 33.1 Å². The first kappa shape index (κ1) is 13.5. The van der Waals surface area contributed by atoms with Crippen molar-refractivity contribution in [3.63, 3.8) is 0 Å². The summed E-state index contributed by atoms with van der Waals surface area (Å²) >= 11 is 0.928. The van der Waals surface area contributed by atoms with Gasteiger partial charge in [0.2, 0.25) is 0 Å². The first-order chi connectivity index (χ1) is 8.97. The summed E-state index contributed by atoms with van der Waals surface area (Å²) in [6.07, 6.45) is 1.28. The van der Waals surface area contributed by atoms with Gasteiger partial charge in [-0.1, -0.05) is 6.07 Å². The molecule has 2 rings (SSSR count). The minimum Gasteiger partial charge on any atom is -0.481 e. The van der Waals surface area contributed by atoms with Crippen LogP contribution in [-0.2, 0) is 21.2 Å². The molecule has 19 heavy (non-hydrogen) atoms. The summed E-state index contributed by atoms with van der Waals surface area (Å²) in [5.74, 6) is -0.779. The number of carboxylic acid groups (broad SMARTS) is 1. The van der Waals surface area contributed by atoms with Gasteiger partial charge in [-0.2, -0.15) is 0 Å². The van der Waals surface area contributed by atoms with Gasteiger partial charge in [-0.05, 0) is 24.3 Å². The Morgan fingerprint density at radius 3 is 2.74 bits per heavy atom. The number of pyridine rings is 1. The second-order valence-electron chi connectivity index (χ2n) is 3.61. The number of sulfonamides is 1. The number of hydrogen-bond acceptors (Lipinski definition) is 5. The van der Waals surface area contributed by atoms with E-state index in [0.717, 1.165) is 11.3 Å². The summed E-state index contributed by atoms with van der Waals surface area (Å²) in [6, 6.07) is 7.74. The van der Waals surface area contributed by atoms with E-state index in [-0.39, 0.29) is 16.4 Å². The maximum Gasteiger partial charge on any atom is 0.308 e. The molecule has 0 fully saturated rings. The number of nitrogens with one attached hydrogen (secondary N) is 1. The maximum atomic E-state index is 12.0. The number of nitrogens with zero attached hydrogens (tertiary/aromatic N) is 1. The van der Waals surface area contributed by atoms with Crippen molar-refractivity contribution in [3.05, 3.63) is 41.4 Å². The summed E-state index contributed by atoms with van der Waals surface area (Å²) in [4.78, 5) is 14.9. The fraction of sp³-hybridized carbons (Fsp3) is 0.0909. The quantitative estimate of drug-likeness (QED) is 0.873. The Morgan fingerprint density at radius 1 is 1.32 bits per heavy atom. The number of aromatic nitrogens is 1. The Kier molecular flexibility index (Phi) is 3.82. The van der Waals surface area contributed by atoms with E-state index >= 15 is 0 Å². The first-order valence-corrected chi connectivity index (χ1v) is 7.52. The zero-order valence-electron chi connectivity index (χ0n) is 9.61. The Labute approximate surface area is 113 Å². The molecule has 6 nitrogen and oxygen atoms in total. The van der Waals surface area contributed by atoms with Crippen LogP contribution in [0.5, 0.6) is 0 Å². The molecule has 0 aliphatic carbocycles. The van der Waals surface area contributed by atoms with Gasteiger partial charge in [0.15, 0.2) is 0 Å². The van der Waals surface area contributed by atoms with Gasteiger partial charge in [0.1, 0.15) is 10.0 Å². The van der Waals surface area contributed by atoms with Crippen molar-refractivity contribution in [2.24, 2.45) is 0 Å². The molecule has 2 heterocycles. The third-order valence-electron chi connectivity index (χ3n) is 2.13. The van der Waals surface area contributed by atoms with Crippen LogP contribution in [-0.4, -0.2) is 24.5 Å². The fourth-order valence-electron chi connectivity index (χ4n) is 1.36. The van der Waals surface area contributed by atoms with Crippen LogP contribution in [0.15, 0.2) is 40.7 Å². The second-order valence-corrected chi connectivity index (χ2v) is 6.69. The molecule has 0 spiro atoms. The Balaban J connectivity index is 2.20. The van der Waals surface area contributed by atoms with E-state index in [0.29, 0.717) is 4.88 Å². The monoisotopic (exact) mass is 298 g/mol. The lowest BCUT2D eigenvalue weighted by Crippen LogP contribution is -2.12. The lowest BCUT2D eigenvalue weighted by molar-refractivity contribution is -0.136. The van der Waals surface area contributed by atoms with E-state index in [2.05, 4.69) is 9.71 Å². The summed E-state index contributed by atoms with van der Waals surface area (Å²) in [7, 11) is -3.72. The number of hydrogen-bond donors (Lipinski definition) is 2. The van der Waals surface area contributed by atoms with Gasteiger partial charge >= 0.3 is 5.97 Å². The van der Waals surface area contributed by atoms with E-state index in [9.17, 15) is 13.2 Å². The molecular formula is C11H10N2O4S2.